The molecule has 0 atom stereocenters. The Hall–Kier alpha value is -4.12. The third-order valence-corrected chi connectivity index (χ3v) is 4.93. The minimum atomic E-state index is -0.978. The fourth-order valence-electron chi connectivity index (χ4n) is 3.31. The number of carbonyl (C=O) groups is 2. The Morgan fingerprint density at radius 2 is 1.88 bits per heavy atom. The minimum absolute atomic E-state index is 0.178. The number of nitrogens with one attached hydrogen (secondary N) is 4. The van der Waals surface area contributed by atoms with E-state index < -0.39 is 23.1 Å². The highest BCUT2D eigenvalue weighted by atomic mass is 19.1. The molecule has 9 nitrogen and oxygen atoms in total. The van der Waals surface area contributed by atoms with E-state index in [1.54, 1.807) is 18.2 Å². The van der Waals surface area contributed by atoms with Crippen LogP contribution < -0.4 is 10.6 Å². The van der Waals surface area contributed by atoms with Crippen molar-refractivity contribution in [2.75, 3.05) is 25.1 Å². The smallest absolute Gasteiger partial charge is 0.261 e. The van der Waals surface area contributed by atoms with E-state index in [9.17, 15) is 18.4 Å². The highest BCUT2D eigenvalue weighted by Crippen LogP contribution is 2.26. The largest absolute Gasteiger partial charge is 0.380 e. The topological polar surface area (TPSA) is 125 Å². The molecule has 4 N–H and O–H groups in total. The Labute approximate surface area is 192 Å². The van der Waals surface area contributed by atoms with Crippen molar-refractivity contribution in [3.63, 3.8) is 0 Å². The first-order chi connectivity index (χ1) is 16.5. The second-order valence-electron chi connectivity index (χ2n) is 7.38. The van der Waals surface area contributed by atoms with Gasteiger partial charge in [0.2, 0.25) is 0 Å². The van der Waals surface area contributed by atoms with Crippen LogP contribution in [0.1, 0.15) is 34.1 Å². The Morgan fingerprint density at radius 1 is 1.09 bits per heavy atom. The number of aromatic nitrogens is 4. The van der Waals surface area contributed by atoms with Crippen LogP contribution in [0.3, 0.4) is 0 Å². The summed E-state index contributed by atoms with van der Waals surface area (Å²) in [4.78, 5) is 32.4. The van der Waals surface area contributed by atoms with E-state index in [0.29, 0.717) is 42.2 Å². The number of carbonyl (C=O) groups excluding carboxylic acids is 2. The van der Waals surface area contributed by atoms with Crippen molar-refractivity contribution in [2.45, 2.75) is 13.3 Å². The Balaban J connectivity index is 1.51. The molecule has 2 amide bonds. The van der Waals surface area contributed by atoms with Gasteiger partial charge in [0, 0.05) is 24.9 Å². The number of benzene rings is 2. The number of hydrogen-bond acceptors (Lipinski definition) is 5. The second-order valence-corrected chi connectivity index (χ2v) is 7.38. The average Bonchev–Trinajstić information content (AvgIpc) is 3.44. The Kier molecular flexibility index (Phi) is 6.93. The molecule has 4 aromatic rings. The van der Waals surface area contributed by atoms with Crippen molar-refractivity contribution in [1.82, 2.24) is 25.5 Å². The van der Waals surface area contributed by atoms with Gasteiger partial charge in [0.1, 0.15) is 17.2 Å². The fourth-order valence-corrected chi connectivity index (χ4v) is 3.31. The van der Waals surface area contributed by atoms with E-state index in [4.69, 9.17) is 4.74 Å². The zero-order valence-corrected chi connectivity index (χ0v) is 18.2. The maximum absolute atomic E-state index is 13.9. The molecule has 0 radical (unpaired) electrons. The Morgan fingerprint density at radius 3 is 2.65 bits per heavy atom. The molecular formula is C23H22F2N6O3. The van der Waals surface area contributed by atoms with Crippen molar-refractivity contribution in [3.8, 4) is 11.5 Å². The number of ether oxygens (including phenoxy) is 1. The normalized spacial score (nSPS) is 11.0. The summed E-state index contributed by atoms with van der Waals surface area (Å²) in [5.74, 6) is -2.88. The van der Waals surface area contributed by atoms with Gasteiger partial charge in [0.25, 0.3) is 11.8 Å². The lowest BCUT2D eigenvalue weighted by Gasteiger charge is -2.06. The molecule has 4 rings (SSSR count). The molecule has 0 aliphatic carbocycles. The summed E-state index contributed by atoms with van der Waals surface area (Å²) >= 11 is 0. The van der Waals surface area contributed by atoms with Gasteiger partial charge >= 0.3 is 0 Å². The van der Waals surface area contributed by atoms with E-state index in [1.807, 2.05) is 6.92 Å². The molecule has 0 saturated carbocycles. The average molecular weight is 468 g/mol. The number of hydrogen-bond donors (Lipinski definition) is 4. The number of imidazole rings is 1. The summed E-state index contributed by atoms with van der Waals surface area (Å²) in [6.07, 6.45) is 2.28. The minimum Gasteiger partial charge on any atom is -0.380 e. The first-order valence-corrected chi connectivity index (χ1v) is 10.6. The van der Waals surface area contributed by atoms with Gasteiger partial charge in [-0.15, -0.1) is 0 Å². The van der Waals surface area contributed by atoms with Gasteiger partial charge < -0.3 is 20.4 Å². The molecule has 2 heterocycles. The molecule has 176 valence electrons. The first-order valence-electron chi connectivity index (χ1n) is 10.6. The van der Waals surface area contributed by atoms with Crippen molar-refractivity contribution in [1.29, 1.82) is 0 Å². The number of H-pyrrole nitrogens is 2. The number of amides is 2. The summed E-state index contributed by atoms with van der Waals surface area (Å²) in [6.45, 7) is 3.47. The zero-order chi connectivity index (χ0) is 24.1. The van der Waals surface area contributed by atoms with Crippen LogP contribution in [0, 0.1) is 11.6 Å². The summed E-state index contributed by atoms with van der Waals surface area (Å²) in [7, 11) is 0. The van der Waals surface area contributed by atoms with E-state index in [-0.39, 0.29) is 17.3 Å². The van der Waals surface area contributed by atoms with Crippen LogP contribution in [-0.2, 0) is 4.74 Å². The number of anilines is 1. The molecular weight excluding hydrogens is 446 g/mol. The van der Waals surface area contributed by atoms with Gasteiger partial charge in [-0.2, -0.15) is 5.10 Å². The predicted molar refractivity (Wildman–Crippen MR) is 121 cm³/mol. The fraction of sp³-hybridized carbons (Fsp3) is 0.217. The predicted octanol–water partition coefficient (Wildman–Crippen LogP) is 3.64. The molecule has 0 spiro atoms. The van der Waals surface area contributed by atoms with Crippen LogP contribution >= 0.6 is 0 Å². The van der Waals surface area contributed by atoms with Crippen LogP contribution in [0.5, 0.6) is 0 Å². The number of fused-ring (bicyclic) bond motifs is 1. The molecule has 0 fully saturated rings. The third kappa shape index (κ3) is 4.94. The van der Waals surface area contributed by atoms with E-state index in [1.165, 1.54) is 12.3 Å². The quantitative estimate of drug-likeness (QED) is 0.279. The molecule has 2 aromatic carbocycles. The van der Waals surface area contributed by atoms with E-state index in [0.717, 1.165) is 18.6 Å². The first kappa shape index (κ1) is 23.1. The number of nitrogens with zero attached hydrogens (tertiary/aromatic N) is 2. The van der Waals surface area contributed by atoms with Gasteiger partial charge in [-0.1, -0.05) is 13.0 Å². The highest BCUT2D eigenvalue weighted by Gasteiger charge is 2.21. The second kappa shape index (κ2) is 10.2. The lowest BCUT2D eigenvalue weighted by Crippen LogP contribution is -2.27. The maximum Gasteiger partial charge on any atom is 0.261 e. The van der Waals surface area contributed by atoms with Gasteiger partial charge in [-0.3, -0.25) is 14.7 Å². The van der Waals surface area contributed by atoms with E-state index in [2.05, 4.69) is 30.8 Å². The summed E-state index contributed by atoms with van der Waals surface area (Å²) in [5, 5.41) is 11.9. The monoisotopic (exact) mass is 468 g/mol. The van der Waals surface area contributed by atoms with Crippen molar-refractivity contribution in [3.05, 3.63) is 65.4 Å². The Bertz CT molecular complexity index is 1310. The van der Waals surface area contributed by atoms with Crippen LogP contribution in [0.4, 0.5) is 14.5 Å². The van der Waals surface area contributed by atoms with Gasteiger partial charge in [-0.25, -0.2) is 13.8 Å². The van der Waals surface area contributed by atoms with Gasteiger partial charge in [0.15, 0.2) is 11.5 Å². The van der Waals surface area contributed by atoms with Gasteiger partial charge in [0.05, 0.1) is 23.3 Å². The lowest BCUT2D eigenvalue weighted by molar-refractivity contribution is 0.0915. The SMILES string of the molecule is CCCOCCNC(=O)c1ccc2[nH]c(-c3n[nH]cc3NC(=O)c3c(F)cccc3F)nc2c1. The van der Waals surface area contributed by atoms with Crippen LogP contribution in [0.2, 0.25) is 0 Å². The lowest BCUT2D eigenvalue weighted by atomic mass is 10.2. The highest BCUT2D eigenvalue weighted by molar-refractivity contribution is 6.06. The van der Waals surface area contributed by atoms with Crippen LogP contribution in [0.25, 0.3) is 22.6 Å². The molecule has 0 saturated heterocycles. The van der Waals surface area contributed by atoms with Crippen molar-refractivity contribution >= 4 is 28.5 Å². The van der Waals surface area contributed by atoms with Crippen LogP contribution in [-0.4, -0.2) is 51.7 Å². The molecule has 0 unspecified atom stereocenters. The molecule has 0 aliphatic heterocycles. The third-order valence-electron chi connectivity index (χ3n) is 4.93. The summed E-state index contributed by atoms with van der Waals surface area (Å²) in [6, 6.07) is 8.15. The maximum atomic E-state index is 13.9. The molecule has 2 aromatic heterocycles. The van der Waals surface area contributed by atoms with Crippen molar-refractivity contribution in [2.24, 2.45) is 0 Å². The summed E-state index contributed by atoms with van der Waals surface area (Å²) < 4.78 is 33.2. The summed E-state index contributed by atoms with van der Waals surface area (Å²) in [5.41, 5.74) is 1.28. The number of halogens is 2. The van der Waals surface area contributed by atoms with Crippen LogP contribution in [0.15, 0.2) is 42.6 Å². The zero-order valence-electron chi connectivity index (χ0n) is 18.2. The molecule has 11 heteroatoms. The standard InChI is InChI=1S/C23H22F2N6O3/c1-2-9-34-10-8-26-22(32)13-6-7-16-17(11-13)29-21(28-16)20-18(12-27-31-20)30-23(33)19-14(24)4-3-5-15(19)25/h3-7,11-12H,2,8-10H2,1H3,(H,26,32)(H,27,31)(H,28,29)(H,30,33). The number of aromatic amines is 2. The molecule has 0 aliphatic rings. The van der Waals surface area contributed by atoms with Gasteiger partial charge in [-0.05, 0) is 36.8 Å². The molecule has 0 bridgehead atoms. The van der Waals surface area contributed by atoms with Crippen molar-refractivity contribution < 1.29 is 23.1 Å². The number of rotatable bonds is 9. The molecule has 34 heavy (non-hydrogen) atoms. The van der Waals surface area contributed by atoms with E-state index >= 15 is 0 Å².